The van der Waals surface area contributed by atoms with Crippen molar-refractivity contribution in [3.63, 3.8) is 0 Å². The lowest BCUT2D eigenvalue weighted by Crippen LogP contribution is -2.63. The second-order valence-corrected chi connectivity index (χ2v) is 23.4. The van der Waals surface area contributed by atoms with Crippen LogP contribution >= 0.6 is 47.0 Å². The number of rotatable bonds is 38. The normalized spacial score (nSPS) is 35.3. The number of aliphatic hydroxyl groups is 11. The number of ether oxygens (including phenoxy) is 10. The summed E-state index contributed by atoms with van der Waals surface area (Å²) in [6.07, 6.45) is -18.0. The van der Waals surface area contributed by atoms with Crippen LogP contribution in [0.2, 0.25) is 0 Å². The molecule has 0 aromatic heterocycles. The molecule has 20 atom stereocenters. The molecule has 0 spiro atoms. The second kappa shape index (κ2) is 38.8. The molecule has 4 heterocycles. The Kier molecular flexibility index (Phi) is 34.6. The summed E-state index contributed by atoms with van der Waals surface area (Å²) in [5.74, 6) is 5.86. The summed E-state index contributed by atoms with van der Waals surface area (Å²) in [7, 11) is 1.35. The monoisotopic (exact) mass is 1200 g/mol. The molecular weight excluding hydrogens is 1110 g/mol. The molecule has 4 aliphatic rings. The standard InChI is InChI=1S/C48H85N3O23S4/c1-3-4-5-9-31(54)50-11-20-76-17-7-13-66-42-39(62)35(58)29(72-45(42)65-2)24-70-47-44(68-14-6-16-75-19-10-49)40(63)36(59)30(73-47)25-69-46-43(38(61)34(57)27(22-52)71-46)67-15-8-18-77-21-12-51-32(55)26-78-48-41(64)37(60)33(56)28(23-53)74-48/h1,27-30,33-48,52-53,56-64H,4-26,49H2,2H3,(H,50,54)(H,51,55)/t27-,28?,29-,30-,33-,34-,35-,36-,37+,38+,39+,40+,41?,42-,43-,44-,45+,46+,47+,48-/m1/s1. The summed E-state index contributed by atoms with van der Waals surface area (Å²) in [5.41, 5.74) is 4.58. The molecule has 4 rings (SSSR count). The van der Waals surface area contributed by atoms with Gasteiger partial charge in [-0.3, -0.25) is 9.59 Å². The molecule has 4 saturated heterocycles. The van der Waals surface area contributed by atoms with Crippen molar-refractivity contribution in [2.45, 2.75) is 160 Å². The van der Waals surface area contributed by atoms with E-state index in [9.17, 15) is 65.8 Å². The topological polar surface area (TPSA) is 399 Å². The number of amides is 2. The van der Waals surface area contributed by atoms with E-state index in [0.29, 0.717) is 86.9 Å². The molecule has 15 N–H and O–H groups in total. The summed E-state index contributed by atoms with van der Waals surface area (Å²) < 4.78 is 58.9. The second-order valence-electron chi connectivity index (χ2n) is 18.6. The number of carbonyl (C=O) groups is 2. The van der Waals surface area contributed by atoms with Gasteiger partial charge in [-0.05, 0) is 42.9 Å². The van der Waals surface area contributed by atoms with Gasteiger partial charge in [-0.2, -0.15) is 35.3 Å². The minimum Gasteiger partial charge on any atom is -0.394 e. The number of terminal acetylenes is 1. The molecule has 4 aliphatic heterocycles. The van der Waals surface area contributed by atoms with Crippen LogP contribution in [0.25, 0.3) is 0 Å². The Hall–Kier alpha value is -0.980. The maximum atomic E-state index is 12.4. The van der Waals surface area contributed by atoms with E-state index in [4.69, 9.17) is 59.5 Å². The van der Waals surface area contributed by atoms with Crippen molar-refractivity contribution >= 4 is 58.9 Å². The number of nitrogens with one attached hydrogen (secondary N) is 2. The van der Waals surface area contributed by atoms with E-state index < -0.39 is 148 Å². The average molecular weight is 1200 g/mol. The predicted octanol–water partition coefficient (Wildman–Crippen LogP) is -4.95. The highest BCUT2D eigenvalue weighted by atomic mass is 32.2. The molecule has 0 radical (unpaired) electrons. The molecule has 0 aromatic carbocycles. The van der Waals surface area contributed by atoms with Gasteiger partial charge in [-0.25, -0.2) is 0 Å². The number of hydrogen-bond acceptors (Lipinski definition) is 28. The highest BCUT2D eigenvalue weighted by molar-refractivity contribution is 8.00. The van der Waals surface area contributed by atoms with Crippen LogP contribution in [0.3, 0.4) is 0 Å². The smallest absolute Gasteiger partial charge is 0.230 e. The zero-order valence-electron chi connectivity index (χ0n) is 43.9. The molecular formula is C48H85N3O23S4. The first-order valence-corrected chi connectivity index (χ1v) is 30.7. The van der Waals surface area contributed by atoms with Crippen molar-refractivity contribution in [3.8, 4) is 12.3 Å². The predicted molar refractivity (Wildman–Crippen MR) is 287 cm³/mol. The molecule has 454 valence electrons. The Morgan fingerprint density at radius 1 is 0.538 bits per heavy atom. The van der Waals surface area contributed by atoms with Gasteiger partial charge in [-0.1, -0.05) is 0 Å². The summed E-state index contributed by atoms with van der Waals surface area (Å²) in [6, 6.07) is 0. The summed E-state index contributed by atoms with van der Waals surface area (Å²) in [5, 5.41) is 122. The Balaban J connectivity index is 1.27. The summed E-state index contributed by atoms with van der Waals surface area (Å²) >= 11 is 5.63. The van der Waals surface area contributed by atoms with E-state index in [0.717, 1.165) is 17.5 Å². The van der Waals surface area contributed by atoms with Crippen LogP contribution in [0.4, 0.5) is 0 Å². The first-order valence-electron chi connectivity index (χ1n) is 26.2. The molecule has 0 aromatic rings. The molecule has 4 fully saturated rings. The summed E-state index contributed by atoms with van der Waals surface area (Å²) in [6.45, 7) is -0.488. The van der Waals surface area contributed by atoms with Gasteiger partial charge in [0.05, 0.1) is 32.2 Å². The Bertz CT molecular complexity index is 1690. The SMILES string of the molecule is C#CCCCC(=O)NCCSCCCO[C@H]1[C@@H](OC)O[C@H](CO[C@H]2O[C@H](CO[C@H]3O[C@H](CO)[C@@H](O)[C@H](O)[C@H]3OCCCSCCNC(=O)CS[C@H]3OC(CO)[C@@H](O)[C@H](O)C3O)[C@@H](O)[C@H](O)[C@H]2OCCCSCCN)[C@@H](O)[C@@H]1O. The number of methoxy groups -OCH3 is 1. The number of carbonyl (C=O) groups excluding carboxylic acids is 2. The molecule has 30 heteroatoms. The van der Waals surface area contributed by atoms with Crippen LogP contribution in [-0.2, 0) is 57.0 Å². The quantitative estimate of drug-likeness (QED) is 0.0203. The molecule has 2 amide bonds. The Labute approximate surface area is 472 Å². The van der Waals surface area contributed by atoms with Crippen LogP contribution < -0.4 is 16.4 Å². The lowest BCUT2D eigenvalue weighted by atomic mass is 9.97. The maximum absolute atomic E-state index is 12.4. The summed E-state index contributed by atoms with van der Waals surface area (Å²) in [4.78, 5) is 24.3. The van der Waals surface area contributed by atoms with Crippen molar-refractivity contribution in [3.05, 3.63) is 0 Å². The van der Waals surface area contributed by atoms with Crippen LogP contribution in [-0.4, -0.2) is 303 Å². The average Bonchev–Trinajstić information content (AvgIpc) is 3.44. The zero-order chi connectivity index (χ0) is 57.0. The van der Waals surface area contributed by atoms with E-state index in [1.165, 1.54) is 18.9 Å². The number of nitrogens with two attached hydrogens (primary N) is 1. The van der Waals surface area contributed by atoms with Crippen LogP contribution in [0.15, 0.2) is 0 Å². The van der Waals surface area contributed by atoms with Crippen molar-refractivity contribution in [2.75, 3.05) is 113 Å². The minimum atomic E-state index is -1.63. The van der Waals surface area contributed by atoms with Gasteiger partial charge in [-0.15, -0.1) is 24.1 Å². The molecule has 0 bridgehead atoms. The van der Waals surface area contributed by atoms with Gasteiger partial charge in [0, 0.05) is 76.7 Å². The number of hydrogen-bond donors (Lipinski definition) is 14. The van der Waals surface area contributed by atoms with Gasteiger partial charge in [0.15, 0.2) is 18.9 Å². The highest BCUT2D eigenvalue weighted by Gasteiger charge is 2.51. The van der Waals surface area contributed by atoms with Crippen molar-refractivity contribution in [2.24, 2.45) is 5.73 Å². The first kappa shape index (κ1) is 69.5. The lowest BCUT2D eigenvalue weighted by Gasteiger charge is -2.45. The van der Waals surface area contributed by atoms with Gasteiger partial charge < -0.3 is 120 Å². The van der Waals surface area contributed by atoms with E-state index in [1.54, 1.807) is 23.5 Å². The molecule has 78 heavy (non-hydrogen) atoms. The number of unbranched alkanes of at least 4 members (excludes halogenated alkanes) is 1. The van der Waals surface area contributed by atoms with Gasteiger partial charge in [0.25, 0.3) is 0 Å². The minimum absolute atomic E-state index is 0.0481. The lowest BCUT2D eigenvalue weighted by molar-refractivity contribution is -0.348. The number of aliphatic hydroxyl groups excluding tert-OH is 11. The zero-order valence-corrected chi connectivity index (χ0v) is 47.2. The fraction of sp³-hybridized carbons (Fsp3) is 0.917. The Morgan fingerprint density at radius 2 is 0.974 bits per heavy atom. The van der Waals surface area contributed by atoms with Gasteiger partial charge in [0.1, 0.15) is 103 Å². The van der Waals surface area contributed by atoms with Gasteiger partial charge >= 0.3 is 0 Å². The maximum Gasteiger partial charge on any atom is 0.230 e. The molecule has 0 saturated carbocycles. The molecule has 2 unspecified atom stereocenters. The third kappa shape index (κ3) is 22.5. The third-order valence-corrected chi connectivity index (χ3v) is 17.2. The van der Waals surface area contributed by atoms with E-state index in [2.05, 4.69) is 16.6 Å². The van der Waals surface area contributed by atoms with Crippen molar-refractivity contribution in [1.82, 2.24) is 10.6 Å². The van der Waals surface area contributed by atoms with Crippen LogP contribution in [0.1, 0.15) is 38.5 Å². The Morgan fingerprint density at radius 3 is 1.46 bits per heavy atom. The van der Waals surface area contributed by atoms with E-state index in [-0.39, 0.29) is 37.4 Å². The van der Waals surface area contributed by atoms with Crippen LogP contribution in [0, 0.1) is 12.3 Å². The third-order valence-electron chi connectivity index (χ3n) is 12.8. The fourth-order valence-corrected chi connectivity index (χ4v) is 11.7. The largest absolute Gasteiger partial charge is 0.394 e. The molecule has 26 nitrogen and oxygen atoms in total. The van der Waals surface area contributed by atoms with Crippen molar-refractivity contribution < 1.29 is 113 Å². The first-order chi connectivity index (χ1) is 37.6. The van der Waals surface area contributed by atoms with Gasteiger partial charge in [0.2, 0.25) is 11.8 Å². The van der Waals surface area contributed by atoms with E-state index >= 15 is 0 Å². The van der Waals surface area contributed by atoms with Crippen LogP contribution in [0.5, 0.6) is 0 Å². The van der Waals surface area contributed by atoms with Crippen molar-refractivity contribution in [1.29, 1.82) is 0 Å². The number of thioether (sulfide) groups is 4. The fourth-order valence-electron chi connectivity index (χ4n) is 8.42. The van der Waals surface area contributed by atoms with E-state index in [1.807, 2.05) is 0 Å². The highest BCUT2D eigenvalue weighted by Crippen LogP contribution is 2.32. The molecule has 0 aliphatic carbocycles.